The fourth-order valence-corrected chi connectivity index (χ4v) is 2.39. The number of pyridine rings is 1. The van der Waals surface area contributed by atoms with Crippen LogP contribution in [0.2, 0.25) is 0 Å². The van der Waals surface area contributed by atoms with Gasteiger partial charge in [-0.25, -0.2) is 0 Å². The summed E-state index contributed by atoms with van der Waals surface area (Å²) in [7, 11) is 1.71. The topological polar surface area (TPSA) is 48.4 Å². The predicted molar refractivity (Wildman–Crippen MR) is 71.7 cm³/mol. The van der Waals surface area contributed by atoms with E-state index in [0.29, 0.717) is 0 Å². The average molecular weight is 269 g/mol. The van der Waals surface area contributed by atoms with E-state index in [-0.39, 0.29) is 12.6 Å². The van der Waals surface area contributed by atoms with Crippen LogP contribution in [-0.4, -0.2) is 30.4 Å². The monoisotopic (exact) mass is 269 g/mol. The van der Waals surface area contributed by atoms with Crippen LogP contribution in [-0.2, 0) is 20.9 Å². The summed E-state index contributed by atoms with van der Waals surface area (Å²) in [5, 5.41) is 0. The maximum Gasteiger partial charge on any atom is 0.303 e. The first-order valence-electron chi connectivity index (χ1n) is 5.84. The third kappa shape index (κ3) is 5.06. The second kappa shape index (κ2) is 8.11. The van der Waals surface area contributed by atoms with E-state index in [4.69, 9.17) is 9.47 Å². The van der Waals surface area contributed by atoms with Gasteiger partial charge in [0.25, 0.3) is 0 Å². The second-order valence-electron chi connectivity index (χ2n) is 3.86. The van der Waals surface area contributed by atoms with E-state index in [9.17, 15) is 4.79 Å². The van der Waals surface area contributed by atoms with Gasteiger partial charge >= 0.3 is 5.97 Å². The number of carbonyl (C=O) groups excluding carboxylic acids is 1. The Labute approximate surface area is 112 Å². The van der Waals surface area contributed by atoms with E-state index in [1.807, 2.05) is 13.0 Å². The summed E-state index contributed by atoms with van der Waals surface area (Å²) >= 11 is 1.77. The molecule has 0 aliphatic carbocycles. The van der Waals surface area contributed by atoms with Crippen LogP contribution in [0.5, 0.6) is 0 Å². The molecule has 0 aromatic carbocycles. The molecule has 0 N–H and O–H groups in total. The van der Waals surface area contributed by atoms with Crippen molar-refractivity contribution in [2.45, 2.75) is 31.8 Å². The van der Waals surface area contributed by atoms with Gasteiger partial charge in [0, 0.05) is 37.5 Å². The van der Waals surface area contributed by atoms with E-state index in [1.54, 1.807) is 25.1 Å². The van der Waals surface area contributed by atoms with Gasteiger partial charge in [-0.2, -0.15) is 0 Å². The smallest absolute Gasteiger partial charge is 0.303 e. The minimum absolute atomic E-state index is 0.244. The molecule has 0 amide bonds. The first-order chi connectivity index (χ1) is 8.65. The Hall–Kier alpha value is -1.07. The number of aromatic nitrogens is 1. The Kier molecular flexibility index (Phi) is 6.75. The lowest BCUT2D eigenvalue weighted by molar-refractivity contribution is -0.142. The van der Waals surface area contributed by atoms with Crippen molar-refractivity contribution in [3.8, 4) is 0 Å². The lowest BCUT2D eigenvalue weighted by Crippen LogP contribution is -2.03. The zero-order valence-electron chi connectivity index (χ0n) is 11.1. The highest BCUT2D eigenvalue weighted by Crippen LogP contribution is 2.24. The fraction of sp³-hybridized carbons (Fsp3) is 0.538. The van der Waals surface area contributed by atoms with Crippen LogP contribution < -0.4 is 0 Å². The van der Waals surface area contributed by atoms with Crippen LogP contribution in [0.1, 0.15) is 24.6 Å². The normalized spacial score (nSPS) is 10.4. The molecule has 18 heavy (non-hydrogen) atoms. The summed E-state index contributed by atoms with van der Waals surface area (Å²) in [4.78, 5) is 16.2. The standard InChI is InChI=1S/C13H19NO3S/c1-10-12(9-17-11(2)15)14-6-5-13(10)18-8-4-7-16-3/h5-6H,4,7-9H2,1-3H3. The number of methoxy groups -OCH3 is 1. The van der Waals surface area contributed by atoms with Gasteiger partial charge in [0.1, 0.15) is 6.61 Å². The average Bonchev–Trinajstić information content (AvgIpc) is 2.35. The summed E-state index contributed by atoms with van der Waals surface area (Å²) in [5.41, 5.74) is 1.91. The minimum atomic E-state index is -0.283. The third-order valence-corrected chi connectivity index (χ3v) is 3.67. The molecule has 1 rings (SSSR count). The molecule has 0 unspecified atom stereocenters. The highest BCUT2D eigenvalue weighted by atomic mass is 32.2. The Balaban J connectivity index is 2.57. The molecule has 0 fully saturated rings. The van der Waals surface area contributed by atoms with Crippen LogP contribution in [0.15, 0.2) is 17.2 Å². The minimum Gasteiger partial charge on any atom is -0.459 e. The molecule has 0 radical (unpaired) electrons. The van der Waals surface area contributed by atoms with Crippen molar-refractivity contribution in [1.82, 2.24) is 4.98 Å². The number of hydrogen-bond acceptors (Lipinski definition) is 5. The Morgan fingerprint density at radius 1 is 1.50 bits per heavy atom. The summed E-state index contributed by atoms with van der Waals surface area (Å²) in [6.45, 7) is 4.42. The molecule has 0 spiro atoms. The molecule has 0 bridgehead atoms. The van der Waals surface area contributed by atoms with Gasteiger partial charge in [-0.1, -0.05) is 0 Å². The molecular formula is C13H19NO3S. The summed E-state index contributed by atoms with van der Waals surface area (Å²) in [6.07, 6.45) is 2.77. The van der Waals surface area contributed by atoms with Crippen molar-refractivity contribution in [3.05, 3.63) is 23.5 Å². The zero-order chi connectivity index (χ0) is 13.4. The molecular weight excluding hydrogens is 250 g/mol. The number of esters is 1. The maximum atomic E-state index is 10.8. The van der Waals surface area contributed by atoms with Gasteiger partial charge in [-0.3, -0.25) is 9.78 Å². The Morgan fingerprint density at radius 2 is 2.28 bits per heavy atom. The first kappa shape index (κ1) is 15.0. The van der Waals surface area contributed by atoms with Crippen molar-refractivity contribution in [2.75, 3.05) is 19.5 Å². The van der Waals surface area contributed by atoms with E-state index in [0.717, 1.165) is 30.0 Å². The van der Waals surface area contributed by atoms with Crippen LogP contribution in [0.25, 0.3) is 0 Å². The van der Waals surface area contributed by atoms with Crippen molar-refractivity contribution in [1.29, 1.82) is 0 Å². The van der Waals surface area contributed by atoms with Gasteiger partial charge in [0.05, 0.1) is 5.69 Å². The zero-order valence-corrected chi connectivity index (χ0v) is 11.9. The molecule has 4 nitrogen and oxygen atoms in total. The predicted octanol–water partition coefficient (Wildman–Crippen LogP) is 2.58. The molecule has 0 aliphatic heterocycles. The van der Waals surface area contributed by atoms with E-state index >= 15 is 0 Å². The Morgan fingerprint density at radius 3 is 2.94 bits per heavy atom. The molecule has 1 aromatic heterocycles. The largest absolute Gasteiger partial charge is 0.459 e. The van der Waals surface area contributed by atoms with Gasteiger partial charge in [-0.15, -0.1) is 11.8 Å². The maximum absolute atomic E-state index is 10.8. The van der Waals surface area contributed by atoms with Gasteiger partial charge in [0.15, 0.2) is 0 Å². The quantitative estimate of drug-likeness (QED) is 0.432. The number of ether oxygens (including phenoxy) is 2. The summed E-state index contributed by atoms with van der Waals surface area (Å²) in [6, 6.07) is 1.99. The highest BCUT2D eigenvalue weighted by Gasteiger charge is 2.07. The van der Waals surface area contributed by atoms with E-state index in [2.05, 4.69) is 4.98 Å². The fourth-order valence-electron chi connectivity index (χ4n) is 1.42. The lowest BCUT2D eigenvalue weighted by Gasteiger charge is -2.09. The molecule has 1 heterocycles. The van der Waals surface area contributed by atoms with Crippen LogP contribution >= 0.6 is 11.8 Å². The molecule has 0 atom stereocenters. The third-order valence-electron chi connectivity index (χ3n) is 2.42. The second-order valence-corrected chi connectivity index (χ2v) is 4.99. The lowest BCUT2D eigenvalue weighted by atomic mass is 10.2. The number of carbonyl (C=O) groups is 1. The van der Waals surface area contributed by atoms with Crippen molar-refractivity contribution in [3.63, 3.8) is 0 Å². The van der Waals surface area contributed by atoms with Gasteiger partial charge in [-0.05, 0) is 25.0 Å². The first-order valence-corrected chi connectivity index (χ1v) is 6.83. The SMILES string of the molecule is COCCCSc1ccnc(COC(C)=O)c1C. The molecule has 5 heteroatoms. The van der Waals surface area contributed by atoms with E-state index in [1.165, 1.54) is 11.8 Å². The molecule has 100 valence electrons. The van der Waals surface area contributed by atoms with Crippen molar-refractivity contribution in [2.24, 2.45) is 0 Å². The van der Waals surface area contributed by atoms with Crippen LogP contribution in [0.4, 0.5) is 0 Å². The van der Waals surface area contributed by atoms with E-state index < -0.39 is 0 Å². The molecule has 0 aliphatic rings. The van der Waals surface area contributed by atoms with Gasteiger partial charge in [0.2, 0.25) is 0 Å². The Bertz CT molecular complexity index is 396. The molecule has 1 aromatic rings. The summed E-state index contributed by atoms with van der Waals surface area (Å²) < 4.78 is 9.99. The van der Waals surface area contributed by atoms with Crippen molar-refractivity contribution >= 4 is 17.7 Å². The van der Waals surface area contributed by atoms with Crippen molar-refractivity contribution < 1.29 is 14.3 Å². The summed E-state index contributed by atoms with van der Waals surface area (Å²) in [5.74, 6) is 0.723. The number of hydrogen-bond donors (Lipinski definition) is 0. The number of thioether (sulfide) groups is 1. The van der Waals surface area contributed by atoms with Crippen LogP contribution in [0, 0.1) is 6.92 Å². The molecule has 0 saturated heterocycles. The number of rotatable bonds is 7. The van der Waals surface area contributed by atoms with Gasteiger partial charge < -0.3 is 9.47 Å². The van der Waals surface area contributed by atoms with Crippen LogP contribution in [0.3, 0.4) is 0 Å². The number of nitrogens with zero attached hydrogens (tertiary/aromatic N) is 1. The highest BCUT2D eigenvalue weighted by molar-refractivity contribution is 7.99. The molecule has 0 saturated carbocycles.